The first-order valence-corrected chi connectivity index (χ1v) is 8.86. The molecule has 1 fully saturated rings. The highest BCUT2D eigenvalue weighted by molar-refractivity contribution is 7.89. The maximum Gasteiger partial charge on any atom is 0.246 e. The summed E-state index contributed by atoms with van der Waals surface area (Å²) in [6.45, 7) is 9.42. The predicted molar refractivity (Wildman–Crippen MR) is 79.5 cm³/mol. The quantitative estimate of drug-likeness (QED) is 0.798. The van der Waals surface area contributed by atoms with E-state index < -0.39 is 10.0 Å². The molecule has 0 N–H and O–H groups in total. The fourth-order valence-electron chi connectivity index (χ4n) is 2.75. The van der Waals surface area contributed by atoms with Gasteiger partial charge in [0.15, 0.2) is 0 Å². The van der Waals surface area contributed by atoms with Crippen LogP contribution in [0.25, 0.3) is 0 Å². The van der Waals surface area contributed by atoms with Crippen molar-refractivity contribution in [3.05, 3.63) is 11.4 Å². The number of aryl methyl sites for hydroxylation is 2. The molecule has 0 aromatic carbocycles. The standard InChI is InChI=1S/C13H22ClN3O2S/c1-9-7-16(8-10(9)2)20(18,19)13-11(3)15-17(6-5-14)12(13)4/h9-10H,5-8H2,1-4H3. The molecule has 1 aromatic rings. The molecule has 0 radical (unpaired) electrons. The molecule has 2 unspecified atom stereocenters. The van der Waals surface area contributed by atoms with Crippen LogP contribution in [0.5, 0.6) is 0 Å². The smallest absolute Gasteiger partial charge is 0.246 e. The van der Waals surface area contributed by atoms with Crippen molar-refractivity contribution in [2.24, 2.45) is 11.8 Å². The summed E-state index contributed by atoms with van der Waals surface area (Å²) in [7, 11) is -3.46. The Kier molecular flexibility index (Phi) is 4.47. The predicted octanol–water partition coefficient (Wildman–Crippen LogP) is 2.02. The van der Waals surface area contributed by atoms with Gasteiger partial charge < -0.3 is 0 Å². The van der Waals surface area contributed by atoms with Gasteiger partial charge in [-0.05, 0) is 25.7 Å². The molecule has 0 spiro atoms. The number of hydrogen-bond donors (Lipinski definition) is 0. The molecule has 2 atom stereocenters. The minimum atomic E-state index is -3.46. The van der Waals surface area contributed by atoms with Gasteiger partial charge in [0, 0.05) is 19.0 Å². The molecule has 2 rings (SSSR count). The number of aromatic nitrogens is 2. The summed E-state index contributed by atoms with van der Waals surface area (Å²) in [4.78, 5) is 0.351. The van der Waals surface area contributed by atoms with Crippen LogP contribution in [0.3, 0.4) is 0 Å². The molecule has 2 heterocycles. The molecule has 0 amide bonds. The largest absolute Gasteiger partial charge is 0.267 e. The van der Waals surface area contributed by atoms with Gasteiger partial charge in [0.25, 0.3) is 0 Å². The zero-order chi connectivity index (χ0) is 15.1. The van der Waals surface area contributed by atoms with Crippen LogP contribution in [0.15, 0.2) is 4.90 Å². The van der Waals surface area contributed by atoms with Crippen molar-refractivity contribution in [1.82, 2.24) is 14.1 Å². The average molecular weight is 320 g/mol. The van der Waals surface area contributed by atoms with E-state index in [4.69, 9.17) is 11.6 Å². The third-order valence-corrected chi connectivity index (χ3v) is 6.42. The lowest BCUT2D eigenvalue weighted by molar-refractivity contribution is 0.462. The highest BCUT2D eigenvalue weighted by atomic mass is 35.5. The molecule has 5 nitrogen and oxygen atoms in total. The summed E-state index contributed by atoms with van der Waals surface area (Å²) >= 11 is 5.73. The number of nitrogens with zero attached hydrogens (tertiary/aromatic N) is 3. The van der Waals surface area contributed by atoms with Crippen LogP contribution in [-0.4, -0.2) is 41.5 Å². The Bertz CT molecular complexity index is 587. The first-order chi connectivity index (χ1) is 9.28. The normalized spacial score (nSPS) is 24.4. The van der Waals surface area contributed by atoms with Gasteiger partial charge in [0.2, 0.25) is 10.0 Å². The summed E-state index contributed by atoms with van der Waals surface area (Å²) < 4.78 is 28.9. The van der Waals surface area contributed by atoms with E-state index in [0.717, 1.165) is 0 Å². The van der Waals surface area contributed by atoms with Crippen LogP contribution in [0, 0.1) is 25.7 Å². The summed E-state index contributed by atoms with van der Waals surface area (Å²) in [5.74, 6) is 1.20. The Morgan fingerprint density at radius 3 is 2.30 bits per heavy atom. The van der Waals surface area contributed by atoms with Crippen molar-refractivity contribution < 1.29 is 8.42 Å². The van der Waals surface area contributed by atoms with Crippen LogP contribution >= 0.6 is 11.6 Å². The van der Waals surface area contributed by atoms with Gasteiger partial charge in [0.05, 0.1) is 17.9 Å². The van der Waals surface area contributed by atoms with Crippen LogP contribution in [0.2, 0.25) is 0 Å². The van der Waals surface area contributed by atoms with Crippen molar-refractivity contribution in [2.75, 3.05) is 19.0 Å². The molecule has 1 aromatic heterocycles. The first-order valence-electron chi connectivity index (χ1n) is 6.89. The monoisotopic (exact) mass is 319 g/mol. The van der Waals surface area contributed by atoms with Gasteiger partial charge in [-0.1, -0.05) is 13.8 Å². The van der Waals surface area contributed by atoms with Crippen LogP contribution in [0.4, 0.5) is 0 Å². The number of halogens is 1. The maximum absolute atomic E-state index is 12.8. The molecule has 20 heavy (non-hydrogen) atoms. The average Bonchev–Trinajstić information content (AvgIpc) is 2.82. The number of rotatable bonds is 4. The van der Waals surface area contributed by atoms with E-state index in [9.17, 15) is 8.42 Å². The molecular formula is C13H22ClN3O2S. The molecule has 0 aliphatic carbocycles. The van der Waals surface area contributed by atoms with Gasteiger partial charge in [0.1, 0.15) is 4.90 Å². The maximum atomic E-state index is 12.8. The second kappa shape index (κ2) is 5.66. The second-order valence-corrected chi connectivity index (χ2v) is 7.94. The first kappa shape index (κ1) is 15.8. The molecule has 114 valence electrons. The van der Waals surface area contributed by atoms with Gasteiger partial charge in [-0.2, -0.15) is 9.40 Å². The summed E-state index contributed by atoms with van der Waals surface area (Å²) in [5, 5.41) is 4.30. The number of sulfonamides is 1. The van der Waals surface area contributed by atoms with Crippen LogP contribution in [0.1, 0.15) is 25.2 Å². The molecular weight excluding hydrogens is 298 g/mol. The van der Waals surface area contributed by atoms with Gasteiger partial charge >= 0.3 is 0 Å². The highest BCUT2D eigenvalue weighted by Crippen LogP contribution is 2.30. The molecule has 1 aliphatic rings. The fourth-order valence-corrected chi connectivity index (χ4v) is 4.93. The highest BCUT2D eigenvalue weighted by Gasteiger charge is 2.37. The summed E-state index contributed by atoms with van der Waals surface area (Å²) in [6, 6.07) is 0. The van der Waals surface area contributed by atoms with E-state index in [-0.39, 0.29) is 0 Å². The Hall–Kier alpha value is -0.590. The van der Waals surface area contributed by atoms with Crippen LogP contribution < -0.4 is 0 Å². The number of hydrogen-bond acceptors (Lipinski definition) is 3. The van der Waals surface area contributed by atoms with Crippen molar-refractivity contribution in [1.29, 1.82) is 0 Å². The summed E-state index contributed by atoms with van der Waals surface area (Å²) in [6.07, 6.45) is 0. The Balaban J connectivity index is 2.40. The summed E-state index contributed by atoms with van der Waals surface area (Å²) in [5.41, 5.74) is 1.23. The molecule has 0 saturated carbocycles. The number of alkyl halides is 1. The zero-order valence-corrected chi connectivity index (χ0v) is 14.0. The lowest BCUT2D eigenvalue weighted by atomic mass is 10.0. The van der Waals surface area contributed by atoms with E-state index >= 15 is 0 Å². The third-order valence-electron chi connectivity index (χ3n) is 4.16. The Morgan fingerprint density at radius 2 is 1.80 bits per heavy atom. The van der Waals surface area contributed by atoms with E-state index in [1.54, 1.807) is 22.8 Å². The van der Waals surface area contributed by atoms with E-state index in [1.165, 1.54) is 0 Å². The molecule has 1 saturated heterocycles. The van der Waals surface area contributed by atoms with E-state index in [2.05, 4.69) is 18.9 Å². The molecule has 7 heteroatoms. The molecule has 0 bridgehead atoms. The van der Waals surface area contributed by atoms with Gasteiger partial charge in [-0.3, -0.25) is 4.68 Å². The van der Waals surface area contributed by atoms with Crippen molar-refractivity contribution in [3.8, 4) is 0 Å². The Morgan fingerprint density at radius 1 is 1.25 bits per heavy atom. The van der Waals surface area contributed by atoms with E-state index in [1.807, 2.05) is 0 Å². The Labute approximate surface area is 126 Å². The van der Waals surface area contributed by atoms with Gasteiger partial charge in [-0.15, -0.1) is 11.6 Å². The van der Waals surface area contributed by atoms with Crippen molar-refractivity contribution in [2.45, 2.75) is 39.1 Å². The van der Waals surface area contributed by atoms with Crippen molar-refractivity contribution >= 4 is 21.6 Å². The topological polar surface area (TPSA) is 55.2 Å². The lowest BCUT2D eigenvalue weighted by Gasteiger charge is -2.16. The second-order valence-electron chi connectivity index (χ2n) is 5.69. The van der Waals surface area contributed by atoms with E-state index in [0.29, 0.717) is 53.6 Å². The van der Waals surface area contributed by atoms with Crippen LogP contribution in [-0.2, 0) is 16.6 Å². The fraction of sp³-hybridized carbons (Fsp3) is 0.769. The SMILES string of the molecule is Cc1nn(CCCl)c(C)c1S(=O)(=O)N1CC(C)C(C)C1. The lowest BCUT2D eigenvalue weighted by Crippen LogP contribution is -2.30. The minimum Gasteiger partial charge on any atom is -0.267 e. The third kappa shape index (κ3) is 2.61. The van der Waals surface area contributed by atoms with Gasteiger partial charge in [-0.25, -0.2) is 8.42 Å². The zero-order valence-electron chi connectivity index (χ0n) is 12.4. The molecule has 1 aliphatic heterocycles. The minimum absolute atomic E-state index is 0.351. The van der Waals surface area contributed by atoms with Crippen molar-refractivity contribution in [3.63, 3.8) is 0 Å².